The fraction of sp³-hybridized carbons (Fsp3) is 0.200. The van der Waals surface area contributed by atoms with Crippen molar-refractivity contribution in [3.05, 3.63) is 66.2 Å². The first kappa shape index (κ1) is 20.9. The van der Waals surface area contributed by atoms with E-state index in [0.29, 0.717) is 11.3 Å². The summed E-state index contributed by atoms with van der Waals surface area (Å²) in [6.07, 6.45) is 4.35. The van der Waals surface area contributed by atoms with Gasteiger partial charge in [-0.05, 0) is 55.1 Å². The molecule has 0 aliphatic carbocycles. The topological polar surface area (TPSA) is 80.1 Å². The molecule has 3 aromatic rings. The SMILES string of the molecule is C[C@H]1CN(c2ccc(SC(F)(F)F)cc2)C(=O)c2c(NC(=O)c3cccnc3)cnn21. The van der Waals surface area contributed by atoms with Gasteiger partial charge in [0.15, 0.2) is 5.69 Å². The lowest BCUT2D eigenvalue weighted by Gasteiger charge is -2.32. The number of aromatic nitrogens is 3. The first-order valence-corrected chi connectivity index (χ1v) is 10.0. The quantitative estimate of drug-likeness (QED) is 0.601. The lowest BCUT2D eigenvalue weighted by molar-refractivity contribution is -0.0328. The lowest BCUT2D eigenvalue weighted by atomic mass is 10.1. The number of pyridine rings is 1. The van der Waals surface area contributed by atoms with E-state index in [2.05, 4.69) is 15.4 Å². The first-order chi connectivity index (χ1) is 14.7. The van der Waals surface area contributed by atoms with Gasteiger partial charge in [0.05, 0.1) is 23.5 Å². The van der Waals surface area contributed by atoms with Crippen molar-refractivity contribution < 1.29 is 22.8 Å². The summed E-state index contributed by atoms with van der Waals surface area (Å²) in [4.78, 5) is 31.1. The van der Waals surface area contributed by atoms with Gasteiger partial charge in [0.2, 0.25) is 0 Å². The Bertz CT molecular complexity index is 1120. The standard InChI is InChI=1S/C20H16F3N5O2S/c1-12-11-27(14-4-6-15(7-5-14)31-20(21,22)23)19(30)17-16(10-25-28(12)17)26-18(29)13-3-2-8-24-9-13/h2-10,12H,11H2,1H3,(H,26,29)/t12-/m0/s1. The zero-order valence-corrected chi connectivity index (χ0v) is 16.9. The van der Waals surface area contributed by atoms with Crippen LogP contribution in [0.5, 0.6) is 0 Å². The molecule has 1 N–H and O–H groups in total. The molecule has 0 spiro atoms. The summed E-state index contributed by atoms with van der Waals surface area (Å²) in [5, 5.41) is 6.91. The Labute approximate surface area is 179 Å². The van der Waals surface area contributed by atoms with Gasteiger partial charge in [-0.3, -0.25) is 19.3 Å². The highest BCUT2D eigenvalue weighted by atomic mass is 32.2. The molecule has 3 heterocycles. The number of hydrogen-bond donors (Lipinski definition) is 1. The van der Waals surface area contributed by atoms with Gasteiger partial charge in [-0.25, -0.2) is 0 Å². The Morgan fingerprint density at radius 2 is 1.94 bits per heavy atom. The highest BCUT2D eigenvalue weighted by molar-refractivity contribution is 8.00. The van der Waals surface area contributed by atoms with E-state index in [-0.39, 0.29) is 40.6 Å². The lowest BCUT2D eigenvalue weighted by Crippen LogP contribution is -2.43. The van der Waals surface area contributed by atoms with Crippen LogP contribution in [0.25, 0.3) is 0 Å². The van der Waals surface area contributed by atoms with Gasteiger partial charge in [-0.1, -0.05) is 0 Å². The third-order valence-corrected chi connectivity index (χ3v) is 5.40. The molecule has 0 bridgehead atoms. The molecule has 31 heavy (non-hydrogen) atoms. The number of rotatable bonds is 4. The molecule has 0 fully saturated rings. The number of halogens is 3. The second-order valence-corrected chi connectivity index (χ2v) is 7.99. The average molecular weight is 447 g/mol. The van der Waals surface area contributed by atoms with Crippen LogP contribution in [0.15, 0.2) is 59.9 Å². The molecule has 0 unspecified atom stereocenters. The smallest absolute Gasteiger partial charge is 0.319 e. The normalized spacial score (nSPS) is 16.2. The number of anilines is 2. The van der Waals surface area contributed by atoms with Crippen LogP contribution >= 0.6 is 11.8 Å². The fourth-order valence-electron chi connectivity index (χ4n) is 3.30. The highest BCUT2D eigenvalue weighted by Crippen LogP contribution is 2.38. The number of carbonyl (C=O) groups is 2. The van der Waals surface area contributed by atoms with Gasteiger partial charge in [0.1, 0.15) is 0 Å². The minimum Gasteiger partial charge on any atom is -0.319 e. The van der Waals surface area contributed by atoms with Crippen LogP contribution in [0.3, 0.4) is 0 Å². The van der Waals surface area contributed by atoms with Crippen LogP contribution in [0, 0.1) is 0 Å². The Morgan fingerprint density at radius 3 is 2.58 bits per heavy atom. The van der Waals surface area contributed by atoms with Gasteiger partial charge in [-0.15, -0.1) is 0 Å². The number of carbonyl (C=O) groups excluding carboxylic acids is 2. The van der Waals surface area contributed by atoms with Crippen LogP contribution < -0.4 is 10.2 Å². The largest absolute Gasteiger partial charge is 0.446 e. The molecule has 1 aliphatic heterocycles. The fourth-order valence-corrected chi connectivity index (χ4v) is 3.83. The van der Waals surface area contributed by atoms with Crippen molar-refractivity contribution >= 4 is 35.0 Å². The Balaban J connectivity index is 1.59. The summed E-state index contributed by atoms with van der Waals surface area (Å²) in [7, 11) is 0. The van der Waals surface area contributed by atoms with Crippen LogP contribution in [0.4, 0.5) is 24.5 Å². The van der Waals surface area contributed by atoms with E-state index in [1.807, 2.05) is 6.92 Å². The number of thioether (sulfide) groups is 1. The van der Waals surface area contributed by atoms with Crippen molar-refractivity contribution in [2.75, 3.05) is 16.8 Å². The van der Waals surface area contributed by atoms with Crippen molar-refractivity contribution in [3.8, 4) is 0 Å². The molecule has 1 aliphatic rings. The molecule has 4 rings (SSSR count). The number of alkyl halides is 3. The number of fused-ring (bicyclic) bond motifs is 1. The third-order valence-electron chi connectivity index (χ3n) is 4.66. The summed E-state index contributed by atoms with van der Waals surface area (Å²) < 4.78 is 39.2. The zero-order chi connectivity index (χ0) is 22.2. The van der Waals surface area contributed by atoms with Crippen molar-refractivity contribution in [2.45, 2.75) is 23.4 Å². The van der Waals surface area contributed by atoms with Crippen LogP contribution in [0.2, 0.25) is 0 Å². The van der Waals surface area contributed by atoms with Crippen LogP contribution in [0.1, 0.15) is 33.8 Å². The minimum absolute atomic E-state index is 0.0308. The second kappa shape index (κ2) is 8.06. The summed E-state index contributed by atoms with van der Waals surface area (Å²) in [6.45, 7) is 2.14. The van der Waals surface area contributed by atoms with E-state index < -0.39 is 17.3 Å². The van der Waals surface area contributed by atoms with Crippen molar-refractivity contribution in [2.24, 2.45) is 0 Å². The van der Waals surface area contributed by atoms with E-state index in [4.69, 9.17) is 0 Å². The number of hydrogen-bond acceptors (Lipinski definition) is 5. The van der Waals surface area contributed by atoms with Gasteiger partial charge in [0, 0.05) is 29.5 Å². The summed E-state index contributed by atoms with van der Waals surface area (Å²) in [6, 6.07) is 8.59. The third kappa shape index (κ3) is 4.41. The molecule has 0 radical (unpaired) electrons. The van der Waals surface area contributed by atoms with Crippen molar-refractivity contribution in [3.63, 3.8) is 0 Å². The van der Waals surface area contributed by atoms with E-state index in [1.54, 1.807) is 18.3 Å². The van der Waals surface area contributed by atoms with Gasteiger partial charge in [0.25, 0.3) is 11.8 Å². The molecule has 1 atom stereocenters. The molecule has 11 heteroatoms. The van der Waals surface area contributed by atoms with Gasteiger partial charge >= 0.3 is 5.51 Å². The molecule has 0 saturated carbocycles. The highest BCUT2D eigenvalue weighted by Gasteiger charge is 2.34. The molecule has 0 saturated heterocycles. The van der Waals surface area contributed by atoms with Crippen molar-refractivity contribution in [1.29, 1.82) is 0 Å². The summed E-state index contributed by atoms with van der Waals surface area (Å²) in [5.41, 5.74) is -3.15. The molecule has 2 aromatic heterocycles. The molecule has 2 amide bonds. The zero-order valence-electron chi connectivity index (χ0n) is 16.1. The van der Waals surface area contributed by atoms with E-state index >= 15 is 0 Å². The average Bonchev–Trinajstić information content (AvgIpc) is 3.15. The number of benzene rings is 1. The Morgan fingerprint density at radius 1 is 1.19 bits per heavy atom. The van der Waals surface area contributed by atoms with E-state index in [1.165, 1.54) is 46.2 Å². The summed E-state index contributed by atoms with van der Waals surface area (Å²) >= 11 is -0.216. The van der Waals surface area contributed by atoms with Crippen LogP contribution in [-0.4, -0.2) is 38.6 Å². The predicted octanol–water partition coefficient (Wildman–Crippen LogP) is 4.36. The monoisotopic (exact) mass is 447 g/mol. The Kier molecular flexibility index (Phi) is 5.44. The van der Waals surface area contributed by atoms with E-state index in [0.717, 1.165) is 0 Å². The molecule has 7 nitrogen and oxygen atoms in total. The first-order valence-electron chi connectivity index (χ1n) is 9.19. The minimum atomic E-state index is -4.38. The number of amides is 2. The number of nitrogens with zero attached hydrogens (tertiary/aromatic N) is 4. The van der Waals surface area contributed by atoms with E-state index in [9.17, 15) is 22.8 Å². The van der Waals surface area contributed by atoms with Crippen molar-refractivity contribution in [1.82, 2.24) is 14.8 Å². The van der Waals surface area contributed by atoms with Crippen LogP contribution in [-0.2, 0) is 0 Å². The molecular formula is C20H16F3N5O2S. The maximum atomic E-state index is 13.2. The second-order valence-electron chi connectivity index (χ2n) is 6.85. The predicted molar refractivity (Wildman–Crippen MR) is 109 cm³/mol. The van der Waals surface area contributed by atoms with Gasteiger partial charge < -0.3 is 10.2 Å². The molecule has 1 aromatic carbocycles. The summed E-state index contributed by atoms with van der Waals surface area (Å²) in [5.74, 6) is -0.844. The maximum absolute atomic E-state index is 13.2. The maximum Gasteiger partial charge on any atom is 0.446 e. The molecule has 160 valence electrons. The molecular weight excluding hydrogens is 431 g/mol. The Hall–Kier alpha value is -3.34. The number of nitrogens with one attached hydrogen (secondary N) is 1. The van der Waals surface area contributed by atoms with Gasteiger partial charge in [-0.2, -0.15) is 18.3 Å².